The maximum Gasteiger partial charge on any atom is -0.00916 e. The number of hydrogen-bond acceptors (Lipinski definition) is 0. The number of fused-ring (bicyclic) bond motifs is 1. The van der Waals surface area contributed by atoms with Gasteiger partial charge in [0, 0.05) is 0 Å². The molecule has 1 aromatic carbocycles. The summed E-state index contributed by atoms with van der Waals surface area (Å²) in [6.07, 6.45) is 12.1. The minimum atomic E-state index is 1.07. The van der Waals surface area contributed by atoms with Crippen LogP contribution in [0.2, 0.25) is 0 Å². The lowest BCUT2D eigenvalue weighted by molar-refractivity contribution is 0.979. The molecule has 0 fully saturated rings. The van der Waals surface area contributed by atoms with E-state index in [9.17, 15) is 0 Å². The van der Waals surface area contributed by atoms with Gasteiger partial charge in [-0.1, -0.05) is 48.6 Å². The van der Waals surface area contributed by atoms with Gasteiger partial charge in [0.15, 0.2) is 0 Å². The van der Waals surface area contributed by atoms with E-state index in [0.29, 0.717) is 0 Å². The average Bonchev–Trinajstić information content (AvgIpc) is 2.28. The second-order valence-electron chi connectivity index (χ2n) is 3.37. The van der Waals surface area contributed by atoms with Crippen molar-refractivity contribution in [3.63, 3.8) is 0 Å². The molecule has 0 unspecified atom stereocenters. The molecule has 0 saturated carbocycles. The first-order valence-electron chi connectivity index (χ1n) is 4.85. The zero-order chi connectivity index (χ0) is 8.93. The van der Waals surface area contributed by atoms with E-state index in [1.165, 1.54) is 17.5 Å². The molecule has 0 spiro atoms. The van der Waals surface area contributed by atoms with Crippen LogP contribution in [0.4, 0.5) is 0 Å². The summed E-state index contributed by atoms with van der Waals surface area (Å²) in [6.45, 7) is 0. The minimum absolute atomic E-state index is 1.07. The molecular weight excluding hydrogens is 156 g/mol. The van der Waals surface area contributed by atoms with Gasteiger partial charge in [0.2, 0.25) is 0 Å². The first-order valence-corrected chi connectivity index (χ1v) is 4.85. The SMILES string of the molecule is C1=C\CCc2ccccc2C\C=C/1. The summed E-state index contributed by atoms with van der Waals surface area (Å²) in [4.78, 5) is 0. The maximum absolute atomic E-state index is 2.24. The molecule has 0 nitrogen and oxygen atoms in total. The van der Waals surface area contributed by atoms with Crippen LogP contribution >= 0.6 is 0 Å². The van der Waals surface area contributed by atoms with E-state index in [4.69, 9.17) is 0 Å². The molecule has 1 aliphatic carbocycles. The Kier molecular flexibility index (Phi) is 2.61. The Bertz CT molecular complexity index is 332. The lowest BCUT2D eigenvalue weighted by Gasteiger charge is -2.04. The molecule has 13 heavy (non-hydrogen) atoms. The predicted octanol–water partition coefficient (Wildman–Crippen LogP) is 3.29. The van der Waals surface area contributed by atoms with Crippen LogP contribution in [0.3, 0.4) is 0 Å². The fraction of sp³-hybridized carbons (Fsp3) is 0.231. The minimum Gasteiger partial charge on any atom is -0.0842 e. The fourth-order valence-electron chi connectivity index (χ4n) is 1.69. The normalized spacial score (nSPS) is 20.6. The summed E-state index contributed by atoms with van der Waals surface area (Å²) in [5.41, 5.74) is 2.97. The van der Waals surface area contributed by atoms with Crippen LogP contribution in [-0.2, 0) is 12.8 Å². The van der Waals surface area contributed by atoms with Crippen molar-refractivity contribution in [1.82, 2.24) is 0 Å². The Balaban J connectivity index is 2.31. The third kappa shape index (κ3) is 2.09. The largest absolute Gasteiger partial charge is 0.0842 e. The summed E-state index contributed by atoms with van der Waals surface area (Å²) < 4.78 is 0. The van der Waals surface area contributed by atoms with Crippen LogP contribution in [-0.4, -0.2) is 0 Å². The number of benzene rings is 1. The number of aryl methyl sites for hydroxylation is 1. The highest BCUT2D eigenvalue weighted by Crippen LogP contribution is 2.13. The van der Waals surface area contributed by atoms with Gasteiger partial charge in [-0.15, -0.1) is 0 Å². The lowest BCUT2D eigenvalue weighted by Crippen LogP contribution is -1.91. The van der Waals surface area contributed by atoms with Crippen molar-refractivity contribution >= 4 is 0 Å². The molecule has 0 saturated heterocycles. The summed E-state index contributed by atoms with van der Waals surface area (Å²) in [7, 11) is 0. The van der Waals surface area contributed by atoms with Crippen molar-refractivity contribution in [3.05, 3.63) is 59.7 Å². The quantitative estimate of drug-likeness (QED) is 0.560. The molecule has 0 heterocycles. The van der Waals surface area contributed by atoms with Gasteiger partial charge in [-0.3, -0.25) is 0 Å². The number of hydrogen-bond donors (Lipinski definition) is 0. The molecule has 0 radical (unpaired) electrons. The van der Waals surface area contributed by atoms with Crippen LogP contribution in [0.15, 0.2) is 48.6 Å². The Morgan fingerprint density at radius 3 is 2.54 bits per heavy atom. The zero-order valence-corrected chi connectivity index (χ0v) is 7.74. The highest BCUT2D eigenvalue weighted by atomic mass is 14.0. The molecule has 0 heteroatoms. The van der Waals surface area contributed by atoms with E-state index in [1.807, 2.05) is 0 Å². The van der Waals surface area contributed by atoms with Crippen LogP contribution in [0.5, 0.6) is 0 Å². The van der Waals surface area contributed by atoms with Gasteiger partial charge < -0.3 is 0 Å². The van der Waals surface area contributed by atoms with E-state index in [1.54, 1.807) is 0 Å². The van der Waals surface area contributed by atoms with Gasteiger partial charge in [-0.25, -0.2) is 0 Å². The molecule has 1 aromatic rings. The highest BCUT2D eigenvalue weighted by Gasteiger charge is 1.99. The molecule has 1 aliphatic rings. The molecule has 0 bridgehead atoms. The van der Waals surface area contributed by atoms with Crippen molar-refractivity contribution in [3.8, 4) is 0 Å². The van der Waals surface area contributed by atoms with Crippen molar-refractivity contribution in [1.29, 1.82) is 0 Å². The smallest absolute Gasteiger partial charge is 0.00916 e. The molecular formula is C13H14. The summed E-state index contributed by atoms with van der Waals surface area (Å²) in [6, 6.07) is 8.72. The zero-order valence-electron chi connectivity index (χ0n) is 7.74. The number of rotatable bonds is 0. The lowest BCUT2D eigenvalue weighted by atomic mass is 10.0. The van der Waals surface area contributed by atoms with E-state index in [2.05, 4.69) is 48.6 Å². The van der Waals surface area contributed by atoms with E-state index in [0.717, 1.165) is 12.8 Å². The van der Waals surface area contributed by atoms with Gasteiger partial charge in [0.1, 0.15) is 0 Å². The van der Waals surface area contributed by atoms with Gasteiger partial charge in [-0.2, -0.15) is 0 Å². The molecule has 0 atom stereocenters. The monoisotopic (exact) mass is 170 g/mol. The first kappa shape index (κ1) is 8.31. The molecule has 0 aromatic heterocycles. The van der Waals surface area contributed by atoms with Crippen LogP contribution in [0.1, 0.15) is 17.5 Å². The molecule has 66 valence electrons. The maximum atomic E-state index is 2.24. The predicted molar refractivity (Wildman–Crippen MR) is 56.7 cm³/mol. The van der Waals surface area contributed by atoms with Crippen molar-refractivity contribution in [2.75, 3.05) is 0 Å². The first-order chi connectivity index (χ1) is 6.47. The Morgan fingerprint density at radius 1 is 0.846 bits per heavy atom. The molecule has 2 rings (SSSR count). The van der Waals surface area contributed by atoms with Gasteiger partial charge in [-0.05, 0) is 30.4 Å². The van der Waals surface area contributed by atoms with Gasteiger partial charge in [0.05, 0.1) is 0 Å². The topological polar surface area (TPSA) is 0 Å². The van der Waals surface area contributed by atoms with Gasteiger partial charge >= 0.3 is 0 Å². The van der Waals surface area contributed by atoms with Crippen LogP contribution < -0.4 is 0 Å². The summed E-state index contributed by atoms with van der Waals surface area (Å²) in [5.74, 6) is 0. The van der Waals surface area contributed by atoms with Crippen molar-refractivity contribution in [2.24, 2.45) is 0 Å². The van der Waals surface area contributed by atoms with E-state index >= 15 is 0 Å². The molecule has 0 aliphatic heterocycles. The summed E-state index contributed by atoms with van der Waals surface area (Å²) >= 11 is 0. The molecule has 0 amide bonds. The highest BCUT2D eigenvalue weighted by molar-refractivity contribution is 5.30. The second-order valence-corrected chi connectivity index (χ2v) is 3.37. The van der Waals surface area contributed by atoms with Crippen molar-refractivity contribution in [2.45, 2.75) is 19.3 Å². The Hall–Kier alpha value is -1.30. The number of allylic oxidation sites excluding steroid dienone is 4. The molecule has 0 N–H and O–H groups in total. The Morgan fingerprint density at radius 2 is 1.62 bits per heavy atom. The van der Waals surface area contributed by atoms with Crippen LogP contribution in [0.25, 0.3) is 0 Å². The fourth-order valence-corrected chi connectivity index (χ4v) is 1.69. The standard InChI is InChI=1S/C13H14/c1-2-4-8-12-10-6-7-11-13(12)9-5-3-1/h1-4,6-7,10-11H,5,8-9H2/b3-1-,4-2-. The summed E-state index contributed by atoms with van der Waals surface area (Å²) in [5, 5.41) is 0. The second kappa shape index (κ2) is 4.08. The van der Waals surface area contributed by atoms with Crippen LogP contribution in [0, 0.1) is 0 Å². The average molecular weight is 170 g/mol. The van der Waals surface area contributed by atoms with E-state index < -0.39 is 0 Å². The third-order valence-corrected chi connectivity index (χ3v) is 2.42. The van der Waals surface area contributed by atoms with E-state index in [-0.39, 0.29) is 0 Å². The van der Waals surface area contributed by atoms with Gasteiger partial charge in [0.25, 0.3) is 0 Å². The van der Waals surface area contributed by atoms with Crippen molar-refractivity contribution < 1.29 is 0 Å². The third-order valence-electron chi connectivity index (χ3n) is 2.42. The Labute approximate surface area is 79.6 Å².